The van der Waals surface area contributed by atoms with E-state index in [-0.39, 0.29) is 11.9 Å². The molecular weight excluding hydrogens is 206 g/mol. The number of hydrogen-bond donors (Lipinski definition) is 2. The first kappa shape index (κ1) is 12.7. The van der Waals surface area contributed by atoms with Crippen LogP contribution in [0, 0.1) is 5.92 Å². The van der Waals surface area contributed by atoms with Gasteiger partial charge in [-0.05, 0) is 40.0 Å². The lowest BCUT2D eigenvalue weighted by atomic mass is 10.0. The molecule has 1 aliphatic rings. The molecule has 2 atom stereocenters. The van der Waals surface area contributed by atoms with Crippen LogP contribution in [0.2, 0.25) is 0 Å². The first-order chi connectivity index (χ1) is 7.43. The Hall–Kier alpha value is -1.32. The minimum absolute atomic E-state index is 0.101. The zero-order valence-corrected chi connectivity index (χ0v) is 10.0. The lowest BCUT2D eigenvalue weighted by Gasteiger charge is -2.18. The van der Waals surface area contributed by atoms with Gasteiger partial charge in [0, 0.05) is 11.6 Å². The second kappa shape index (κ2) is 5.14. The summed E-state index contributed by atoms with van der Waals surface area (Å²) in [4.78, 5) is 22.6. The van der Waals surface area contributed by atoms with E-state index >= 15 is 0 Å². The molecule has 1 amide bonds. The largest absolute Gasteiger partial charge is 0.481 e. The molecular formula is C12H19NO3. The molecule has 0 aliphatic heterocycles. The number of carbonyl (C=O) groups is 2. The quantitative estimate of drug-likeness (QED) is 0.765. The molecule has 1 rings (SSSR count). The molecule has 2 unspecified atom stereocenters. The number of allylic oxidation sites excluding steroid dienone is 1. The molecule has 16 heavy (non-hydrogen) atoms. The summed E-state index contributed by atoms with van der Waals surface area (Å²) >= 11 is 0. The number of hydrogen-bond acceptors (Lipinski definition) is 2. The SMILES string of the molecule is CC1=C(C(=O)NC(C)C(C)C(=O)O)CCC1. The highest BCUT2D eigenvalue weighted by Crippen LogP contribution is 2.25. The van der Waals surface area contributed by atoms with Gasteiger partial charge in [0.15, 0.2) is 0 Å². The molecule has 0 heterocycles. The average molecular weight is 225 g/mol. The van der Waals surface area contributed by atoms with Gasteiger partial charge in [-0.3, -0.25) is 9.59 Å². The number of rotatable bonds is 4. The summed E-state index contributed by atoms with van der Waals surface area (Å²) in [6, 6.07) is -0.342. The van der Waals surface area contributed by atoms with Gasteiger partial charge in [0.1, 0.15) is 0 Å². The lowest BCUT2D eigenvalue weighted by molar-refractivity contribution is -0.142. The van der Waals surface area contributed by atoms with Crippen LogP contribution in [0.15, 0.2) is 11.1 Å². The van der Waals surface area contributed by atoms with Crippen LogP contribution in [0.1, 0.15) is 40.0 Å². The van der Waals surface area contributed by atoms with Gasteiger partial charge in [-0.2, -0.15) is 0 Å². The van der Waals surface area contributed by atoms with E-state index in [9.17, 15) is 9.59 Å². The Labute approximate surface area is 95.7 Å². The van der Waals surface area contributed by atoms with Crippen LogP contribution in [0.4, 0.5) is 0 Å². The first-order valence-electron chi connectivity index (χ1n) is 5.65. The van der Waals surface area contributed by atoms with Crippen molar-refractivity contribution in [1.29, 1.82) is 0 Å². The second-order valence-electron chi connectivity index (χ2n) is 4.50. The molecule has 1 aliphatic carbocycles. The minimum Gasteiger partial charge on any atom is -0.481 e. The van der Waals surface area contributed by atoms with Crippen molar-refractivity contribution in [3.05, 3.63) is 11.1 Å². The van der Waals surface area contributed by atoms with E-state index in [0.29, 0.717) is 0 Å². The van der Waals surface area contributed by atoms with Crippen LogP contribution in [-0.4, -0.2) is 23.0 Å². The molecule has 0 saturated carbocycles. The van der Waals surface area contributed by atoms with Crippen molar-refractivity contribution in [1.82, 2.24) is 5.32 Å². The monoisotopic (exact) mass is 225 g/mol. The summed E-state index contributed by atoms with van der Waals surface area (Å²) < 4.78 is 0. The van der Waals surface area contributed by atoms with Gasteiger partial charge in [0.05, 0.1) is 5.92 Å². The molecule has 4 nitrogen and oxygen atoms in total. The van der Waals surface area contributed by atoms with Gasteiger partial charge < -0.3 is 10.4 Å². The molecule has 0 aromatic rings. The van der Waals surface area contributed by atoms with Gasteiger partial charge >= 0.3 is 5.97 Å². The van der Waals surface area contributed by atoms with Crippen LogP contribution in [0.5, 0.6) is 0 Å². The fourth-order valence-electron chi connectivity index (χ4n) is 1.83. The predicted molar refractivity (Wildman–Crippen MR) is 61.0 cm³/mol. The fourth-order valence-corrected chi connectivity index (χ4v) is 1.83. The van der Waals surface area contributed by atoms with Crippen molar-refractivity contribution in [3.63, 3.8) is 0 Å². The van der Waals surface area contributed by atoms with Crippen LogP contribution in [-0.2, 0) is 9.59 Å². The molecule has 90 valence electrons. The molecule has 0 bridgehead atoms. The zero-order valence-electron chi connectivity index (χ0n) is 10.0. The van der Waals surface area contributed by atoms with Crippen LogP contribution >= 0.6 is 0 Å². The Morgan fingerprint density at radius 3 is 2.38 bits per heavy atom. The third-order valence-electron chi connectivity index (χ3n) is 3.27. The predicted octanol–water partition coefficient (Wildman–Crippen LogP) is 1.71. The number of carbonyl (C=O) groups excluding carboxylic acids is 1. The molecule has 4 heteroatoms. The normalized spacial score (nSPS) is 19.4. The summed E-state index contributed by atoms with van der Waals surface area (Å²) in [7, 11) is 0. The Balaban J connectivity index is 2.58. The minimum atomic E-state index is -0.884. The highest BCUT2D eigenvalue weighted by Gasteiger charge is 2.24. The first-order valence-corrected chi connectivity index (χ1v) is 5.65. The van der Waals surface area contributed by atoms with Gasteiger partial charge in [-0.1, -0.05) is 5.57 Å². The summed E-state index contributed by atoms with van der Waals surface area (Å²) in [5.74, 6) is -1.55. The zero-order chi connectivity index (χ0) is 12.3. The lowest BCUT2D eigenvalue weighted by Crippen LogP contribution is -2.40. The van der Waals surface area contributed by atoms with Gasteiger partial charge in [-0.25, -0.2) is 0 Å². The summed E-state index contributed by atoms with van der Waals surface area (Å²) in [5, 5.41) is 11.6. The highest BCUT2D eigenvalue weighted by molar-refractivity contribution is 5.95. The molecule has 0 saturated heterocycles. The Kier molecular flexibility index (Phi) is 4.10. The van der Waals surface area contributed by atoms with Gasteiger partial charge in [-0.15, -0.1) is 0 Å². The molecule has 0 aromatic carbocycles. The maximum absolute atomic E-state index is 11.8. The number of nitrogens with one attached hydrogen (secondary N) is 1. The van der Waals surface area contributed by atoms with Crippen LogP contribution in [0.25, 0.3) is 0 Å². The van der Waals surface area contributed by atoms with E-state index in [1.165, 1.54) is 0 Å². The third-order valence-corrected chi connectivity index (χ3v) is 3.27. The fraction of sp³-hybridized carbons (Fsp3) is 0.667. The van der Waals surface area contributed by atoms with Gasteiger partial charge in [0.25, 0.3) is 0 Å². The van der Waals surface area contributed by atoms with E-state index in [1.54, 1.807) is 13.8 Å². The Morgan fingerprint density at radius 1 is 1.31 bits per heavy atom. The number of aliphatic carboxylic acids is 1. The third kappa shape index (κ3) is 2.84. The number of carboxylic acid groups (broad SMARTS) is 1. The second-order valence-corrected chi connectivity index (χ2v) is 4.50. The van der Waals surface area contributed by atoms with Crippen molar-refractivity contribution in [2.75, 3.05) is 0 Å². The van der Waals surface area contributed by atoms with E-state index in [2.05, 4.69) is 5.32 Å². The molecule has 0 fully saturated rings. The number of carboxylic acids is 1. The summed E-state index contributed by atoms with van der Waals surface area (Å²) in [6.07, 6.45) is 2.81. The maximum atomic E-state index is 11.8. The Morgan fingerprint density at radius 2 is 1.94 bits per heavy atom. The van der Waals surface area contributed by atoms with Crippen molar-refractivity contribution in [2.24, 2.45) is 5.92 Å². The van der Waals surface area contributed by atoms with Crippen molar-refractivity contribution >= 4 is 11.9 Å². The number of amides is 1. The maximum Gasteiger partial charge on any atom is 0.308 e. The van der Waals surface area contributed by atoms with E-state index in [4.69, 9.17) is 5.11 Å². The standard InChI is InChI=1S/C12H19NO3/c1-7-5-4-6-10(7)11(14)13-9(3)8(2)12(15)16/h8-9H,4-6H2,1-3H3,(H,13,14)(H,15,16). The van der Waals surface area contributed by atoms with Crippen molar-refractivity contribution in [3.8, 4) is 0 Å². The molecule has 0 aromatic heterocycles. The molecule has 2 N–H and O–H groups in total. The van der Waals surface area contributed by atoms with Crippen LogP contribution < -0.4 is 5.32 Å². The van der Waals surface area contributed by atoms with E-state index in [0.717, 1.165) is 30.4 Å². The Bertz CT molecular complexity index is 333. The highest BCUT2D eigenvalue weighted by atomic mass is 16.4. The topological polar surface area (TPSA) is 66.4 Å². The average Bonchev–Trinajstić information content (AvgIpc) is 2.62. The molecule has 0 spiro atoms. The van der Waals surface area contributed by atoms with Crippen LogP contribution in [0.3, 0.4) is 0 Å². The van der Waals surface area contributed by atoms with E-state index in [1.807, 2.05) is 6.92 Å². The summed E-state index contributed by atoms with van der Waals surface area (Å²) in [6.45, 7) is 5.29. The van der Waals surface area contributed by atoms with Gasteiger partial charge in [0.2, 0.25) is 5.91 Å². The summed E-state index contributed by atoms with van der Waals surface area (Å²) in [5.41, 5.74) is 1.97. The molecule has 0 radical (unpaired) electrons. The van der Waals surface area contributed by atoms with Crippen molar-refractivity contribution in [2.45, 2.75) is 46.1 Å². The van der Waals surface area contributed by atoms with E-state index < -0.39 is 11.9 Å². The smallest absolute Gasteiger partial charge is 0.308 e. The van der Waals surface area contributed by atoms with Crippen molar-refractivity contribution < 1.29 is 14.7 Å².